The number of rotatable bonds is 3. The summed E-state index contributed by atoms with van der Waals surface area (Å²) < 4.78 is 38.3. The molecule has 2 N–H and O–H groups in total. The molecule has 0 aliphatic heterocycles. The zero-order chi connectivity index (χ0) is 15.6. The number of aromatic nitrogens is 3. The lowest BCUT2D eigenvalue weighted by Crippen LogP contribution is -2.27. The van der Waals surface area contributed by atoms with Gasteiger partial charge >= 0.3 is 6.18 Å². The molecule has 112 valence electrons. The summed E-state index contributed by atoms with van der Waals surface area (Å²) in [5, 5.41) is 8.76. The second-order valence-corrected chi connectivity index (χ2v) is 5.11. The van der Waals surface area contributed by atoms with E-state index in [0.717, 1.165) is 6.07 Å². The monoisotopic (exact) mass is 362 g/mol. The smallest absolute Gasteiger partial charge is 0.342 e. The van der Waals surface area contributed by atoms with Gasteiger partial charge in [0.25, 0.3) is 5.91 Å². The third kappa shape index (κ3) is 3.60. The number of carbonyl (C=O) groups excluding carboxylic acids is 1. The largest absolute Gasteiger partial charge is 0.417 e. The molecule has 0 saturated heterocycles. The Labute approximate surface area is 126 Å². The Bertz CT molecular complexity index is 642. The molecule has 0 aliphatic rings. The Morgan fingerprint density at radius 2 is 2.14 bits per heavy atom. The van der Waals surface area contributed by atoms with E-state index < -0.39 is 23.7 Å². The van der Waals surface area contributed by atoms with E-state index in [0.29, 0.717) is 5.82 Å². The van der Waals surface area contributed by atoms with Gasteiger partial charge in [-0.3, -0.25) is 9.89 Å². The molecule has 2 rings (SSSR count). The van der Waals surface area contributed by atoms with Crippen LogP contribution in [0.2, 0.25) is 0 Å². The number of alkyl halides is 3. The Hall–Kier alpha value is -1.90. The molecule has 1 aromatic heterocycles. The highest BCUT2D eigenvalue weighted by Gasteiger charge is 2.33. The van der Waals surface area contributed by atoms with Gasteiger partial charge in [0.2, 0.25) is 0 Å². The summed E-state index contributed by atoms with van der Waals surface area (Å²) in [6, 6.07) is 2.79. The number of nitrogens with one attached hydrogen (secondary N) is 2. The molecule has 0 saturated carbocycles. The fraction of sp³-hybridized carbons (Fsp3) is 0.250. The molecule has 2 aromatic rings. The minimum absolute atomic E-state index is 0.0862. The summed E-state index contributed by atoms with van der Waals surface area (Å²) in [5.74, 6) is -0.214. The number of aromatic amines is 1. The molecule has 1 unspecified atom stereocenters. The third-order valence-electron chi connectivity index (χ3n) is 2.73. The van der Waals surface area contributed by atoms with Crippen LogP contribution in [-0.2, 0) is 6.18 Å². The van der Waals surface area contributed by atoms with Crippen molar-refractivity contribution < 1.29 is 18.0 Å². The van der Waals surface area contributed by atoms with Crippen molar-refractivity contribution >= 4 is 21.8 Å². The summed E-state index contributed by atoms with van der Waals surface area (Å²) in [4.78, 5) is 15.8. The van der Waals surface area contributed by atoms with E-state index in [1.165, 1.54) is 18.5 Å². The van der Waals surface area contributed by atoms with E-state index in [1.54, 1.807) is 6.92 Å². The van der Waals surface area contributed by atoms with Crippen molar-refractivity contribution in [2.45, 2.75) is 19.1 Å². The van der Waals surface area contributed by atoms with Gasteiger partial charge in [-0.25, -0.2) is 4.98 Å². The van der Waals surface area contributed by atoms with Crippen molar-refractivity contribution in [1.29, 1.82) is 0 Å². The van der Waals surface area contributed by atoms with Crippen LogP contribution in [0.1, 0.15) is 34.7 Å². The maximum absolute atomic E-state index is 12.8. The molecule has 1 atom stereocenters. The first-order chi connectivity index (χ1) is 9.79. The van der Waals surface area contributed by atoms with E-state index in [4.69, 9.17) is 0 Å². The van der Waals surface area contributed by atoms with Crippen LogP contribution in [0, 0.1) is 0 Å². The van der Waals surface area contributed by atoms with Crippen molar-refractivity contribution in [2.75, 3.05) is 0 Å². The summed E-state index contributed by atoms with van der Waals surface area (Å²) >= 11 is 2.82. The molecule has 0 fully saturated rings. The fourth-order valence-electron chi connectivity index (χ4n) is 1.66. The Kier molecular flexibility index (Phi) is 4.31. The second kappa shape index (κ2) is 5.84. The molecule has 21 heavy (non-hydrogen) atoms. The van der Waals surface area contributed by atoms with Crippen molar-refractivity contribution in [3.63, 3.8) is 0 Å². The molecule has 0 aliphatic carbocycles. The van der Waals surface area contributed by atoms with Gasteiger partial charge in [0.15, 0.2) is 0 Å². The first-order valence-corrected chi connectivity index (χ1v) is 6.61. The minimum Gasteiger partial charge on any atom is -0.342 e. The number of hydrogen-bond donors (Lipinski definition) is 2. The quantitative estimate of drug-likeness (QED) is 0.881. The zero-order valence-electron chi connectivity index (χ0n) is 10.7. The van der Waals surface area contributed by atoms with Gasteiger partial charge in [-0.15, -0.1) is 0 Å². The zero-order valence-corrected chi connectivity index (χ0v) is 12.3. The van der Waals surface area contributed by atoms with Gasteiger partial charge in [-0.2, -0.15) is 18.3 Å². The van der Waals surface area contributed by atoms with E-state index in [1.807, 2.05) is 0 Å². The summed E-state index contributed by atoms with van der Waals surface area (Å²) in [6.07, 6.45) is -3.26. The number of hydrogen-bond acceptors (Lipinski definition) is 3. The van der Waals surface area contributed by atoms with Crippen LogP contribution >= 0.6 is 15.9 Å². The Morgan fingerprint density at radius 1 is 1.43 bits per heavy atom. The average molecular weight is 363 g/mol. The van der Waals surface area contributed by atoms with E-state index in [9.17, 15) is 18.0 Å². The van der Waals surface area contributed by atoms with Crippen LogP contribution < -0.4 is 5.32 Å². The van der Waals surface area contributed by atoms with Crippen LogP contribution in [-0.4, -0.2) is 21.1 Å². The first kappa shape index (κ1) is 15.5. The highest BCUT2D eigenvalue weighted by molar-refractivity contribution is 9.10. The number of halogens is 4. The average Bonchev–Trinajstić information content (AvgIpc) is 2.91. The van der Waals surface area contributed by atoms with Crippen LogP contribution in [0.5, 0.6) is 0 Å². The molecule has 1 heterocycles. The van der Waals surface area contributed by atoms with Gasteiger partial charge in [0, 0.05) is 10.0 Å². The maximum atomic E-state index is 12.8. The lowest BCUT2D eigenvalue weighted by atomic mass is 10.1. The molecule has 1 amide bonds. The second-order valence-electron chi connectivity index (χ2n) is 4.26. The summed E-state index contributed by atoms with van der Waals surface area (Å²) in [7, 11) is 0. The van der Waals surface area contributed by atoms with E-state index in [2.05, 4.69) is 36.4 Å². The van der Waals surface area contributed by atoms with Gasteiger partial charge < -0.3 is 5.32 Å². The van der Waals surface area contributed by atoms with Crippen LogP contribution in [0.3, 0.4) is 0 Å². The maximum Gasteiger partial charge on any atom is 0.417 e. The van der Waals surface area contributed by atoms with Gasteiger partial charge in [-0.05, 0) is 25.1 Å². The number of carbonyl (C=O) groups is 1. The normalized spacial score (nSPS) is 13.0. The van der Waals surface area contributed by atoms with Gasteiger partial charge in [0.05, 0.1) is 11.6 Å². The van der Waals surface area contributed by atoms with Crippen molar-refractivity contribution in [3.8, 4) is 0 Å². The summed E-state index contributed by atoms with van der Waals surface area (Å²) in [5.41, 5.74) is -0.987. The van der Waals surface area contributed by atoms with Gasteiger partial charge in [-0.1, -0.05) is 15.9 Å². The Morgan fingerprint density at radius 3 is 2.71 bits per heavy atom. The lowest BCUT2D eigenvalue weighted by Gasteiger charge is -2.13. The molecule has 0 radical (unpaired) electrons. The topological polar surface area (TPSA) is 70.7 Å². The molecule has 5 nitrogen and oxygen atoms in total. The van der Waals surface area contributed by atoms with Crippen LogP contribution in [0.25, 0.3) is 0 Å². The summed E-state index contributed by atoms with van der Waals surface area (Å²) in [6.45, 7) is 1.64. The number of amides is 1. The van der Waals surface area contributed by atoms with Crippen molar-refractivity contribution in [3.05, 3.63) is 46.0 Å². The fourth-order valence-corrected chi connectivity index (χ4v) is 2.13. The third-order valence-corrected chi connectivity index (χ3v) is 3.42. The van der Waals surface area contributed by atoms with Crippen molar-refractivity contribution in [1.82, 2.24) is 20.5 Å². The minimum atomic E-state index is -4.54. The predicted octanol–water partition coefficient (Wildman–Crippen LogP) is 3.08. The number of nitrogens with zero attached hydrogens (tertiary/aromatic N) is 2. The lowest BCUT2D eigenvalue weighted by molar-refractivity contribution is -0.138. The standard InChI is InChI=1S/C12H10BrF3N4O/c1-6(10-17-5-18-20-10)19-11(21)7-2-3-9(13)8(4-7)12(14,15)16/h2-6H,1H3,(H,19,21)(H,17,18,20). The van der Waals surface area contributed by atoms with E-state index in [-0.39, 0.29) is 10.0 Å². The van der Waals surface area contributed by atoms with Crippen molar-refractivity contribution in [2.24, 2.45) is 0 Å². The highest BCUT2D eigenvalue weighted by Crippen LogP contribution is 2.35. The molecule has 9 heteroatoms. The van der Waals surface area contributed by atoms with Gasteiger partial charge in [0.1, 0.15) is 12.2 Å². The Balaban J connectivity index is 2.20. The van der Waals surface area contributed by atoms with Crippen LogP contribution in [0.15, 0.2) is 29.0 Å². The SMILES string of the molecule is CC(NC(=O)c1ccc(Br)c(C(F)(F)F)c1)c1ncn[nH]1. The number of benzene rings is 1. The number of H-pyrrole nitrogens is 1. The molecule has 1 aromatic carbocycles. The highest BCUT2D eigenvalue weighted by atomic mass is 79.9. The first-order valence-electron chi connectivity index (χ1n) is 5.82. The van der Waals surface area contributed by atoms with E-state index >= 15 is 0 Å². The molecular formula is C12H10BrF3N4O. The predicted molar refractivity (Wildman–Crippen MR) is 71.4 cm³/mol. The molecular weight excluding hydrogens is 353 g/mol. The van der Waals surface area contributed by atoms with Crippen LogP contribution in [0.4, 0.5) is 13.2 Å². The molecule has 0 bridgehead atoms. The molecule has 0 spiro atoms.